The monoisotopic (exact) mass is 363 g/mol. The molecule has 27 heavy (non-hydrogen) atoms. The van der Waals surface area contributed by atoms with E-state index in [1.54, 1.807) is 4.90 Å². The van der Waals surface area contributed by atoms with Gasteiger partial charge in [0.1, 0.15) is 0 Å². The summed E-state index contributed by atoms with van der Waals surface area (Å²) >= 11 is 0. The number of benzene rings is 2. The summed E-state index contributed by atoms with van der Waals surface area (Å²) in [6, 6.07) is 17.7. The minimum absolute atomic E-state index is 0.0638. The van der Waals surface area contributed by atoms with Crippen LogP contribution >= 0.6 is 0 Å². The fourth-order valence-electron chi connectivity index (χ4n) is 4.10. The predicted molar refractivity (Wildman–Crippen MR) is 105 cm³/mol. The lowest BCUT2D eigenvalue weighted by Gasteiger charge is -2.32. The number of carbonyl (C=O) groups is 2. The smallest absolute Gasteiger partial charge is 0.321 e. The fraction of sp³-hybridized carbons (Fsp3) is 0.364. The first-order valence-corrected chi connectivity index (χ1v) is 9.70. The molecule has 0 radical (unpaired) electrons. The average molecular weight is 363 g/mol. The van der Waals surface area contributed by atoms with Gasteiger partial charge in [-0.3, -0.25) is 4.79 Å². The van der Waals surface area contributed by atoms with E-state index >= 15 is 0 Å². The van der Waals surface area contributed by atoms with Crippen LogP contribution in [0, 0.1) is 5.92 Å². The number of likely N-dealkylation sites (tertiary alicyclic amines) is 1. The van der Waals surface area contributed by atoms with Gasteiger partial charge in [-0.05, 0) is 48.9 Å². The zero-order valence-electron chi connectivity index (χ0n) is 15.4. The van der Waals surface area contributed by atoms with Gasteiger partial charge in [-0.25, -0.2) is 4.79 Å². The number of piperidine rings is 1. The molecule has 1 aliphatic heterocycles. The third-order valence-corrected chi connectivity index (χ3v) is 5.55. The third-order valence-electron chi connectivity index (χ3n) is 5.55. The van der Waals surface area contributed by atoms with Crippen LogP contribution in [0.3, 0.4) is 0 Å². The van der Waals surface area contributed by atoms with E-state index in [9.17, 15) is 9.59 Å². The first-order chi connectivity index (χ1) is 13.2. The second kappa shape index (κ2) is 7.82. The van der Waals surface area contributed by atoms with E-state index in [1.165, 1.54) is 11.1 Å². The molecule has 0 aromatic heterocycles. The highest BCUT2D eigenvalue weighted by Gasteiger charge is 2.31. The van der Waals surface area contributed by atoms with E-state index in [1.807, 2.05) is 42.5 Å². The van der Waals surface area contributed by atoms with E-state index in [4.69, 9.17) is 0 Å². The van der Waals surface area contributed by atoms with Crippen molar-refractivity contribution in [1.82, 2.24) is 10.2 Å². The molecule has 1 heterocycles. The number of amides is 3. The van der Waals surface area contributed by atoms with Crippen molar-refractivity contribution in [2.45, 2.75) is 31.7 Å². The van der Waals surface area contributed by atoms with Crippen molar-refractivity contribution in [3.05, 3.63) is 65.7 Å². The Balaban J connectivity index is 1.35. The number of hydrogen-bond donors (Lipinski definition) is 2. The highest BCUT2D eigenvalue weighted by Crippen LogP contribution is 2.31. The van der Waals surface area contributed by atoms with Crippen LogP contribution in [-0.2, 0) is 11.2 Å². The van der Waals surface area contributed by atoms with Crippen molar-refractivity contribution in [3.63, 3.8) is 0 Å². The Kier molecular flexibility index (Phi) is 5.10. The van der Waals surface area contributed by atoms with Gasteiger partial charge in [-0.15, -0.1) is 0 Å². The summed E-state index contributed by atoms with van der Waals surface area (Å²) in [4.78, 5) is 27.1. The molecule has 0 saturated carbocycles. The Hall–Kier alpha value is -2.82. The zero-order valence-corrected chi connectivity index (χ0v) is 15.4. The molecule has 2 aliphatic rings. The molecule has 140 valence electrons. The molecule has 2 aromatic carbocycles. The van der Waals surface area contributed by atoms with Crippen LogP contribution in [0.25, 0.3) is 0 Å². The van der Waals surface area contributed by atoms with Crippen molar-refractivity contribution < 1.29 is 9.59 Å². The van der Waals surface area contributed by atoms with Gasteiger partial charge in [0.2, 0.25) is 5.91 Å². The topological polar surface area (TPSA) is 61.4 Å². The SMILES string of the molecule is O=C(NC1CCc2ccccc21)C1CCCN(C(=O)Nc2ccccc2)C1. The number of hydrogen-bond acceptors (Lipinski definition) is 2. The quantitative estimate of drug-likeness (QED) is 0.873. The lowest BCUT2D eigenvalue weighted by molar-refractivity contribution is -0.127. The van der Waals surface area contributed by atoms with Gasteiger partial charge in [0.15, 0.2) is 0 Å². The van der Waals surface area contributed by atoms with E-state index in [0.717, 1.165) is 31.4 Å². The molecule has 2 N–H and O–H groups in total. The summed E-state index contributed by atoms with van der Waals surface area (Å²) in [5.74, 6) is -0.0815. The number of urea groups is 1. The van der Waals surface area contributed by atoms with Crippen molar-refractivity contribution >= 4 is 17.6 Å². The van der Waals surface area contributed by atoms with Crippen LogP contribution < -0.4 is 10.6 Å². The van der Waals surface area contributed by atoms with E-state index in [2.05, 4.69) is 22.8 Å². The third kappa shape index (κ3) is 3.97. The summed E-state index contributed by atoms with van der Waals surface area (Å²) in [6.45, 7) is 1.16. The standard InChI is InChI=1S/C22H25N3O2/c26-21(24-20-13-12-16-7-4-5-11-19(16)20)17-8-6-14-25(15-17)22(27)23-18-9-2-1-3-10-18/h1-5,7,9-11,17,20H,6,8,12-15H2,(H,23,27)(H,24,26). The normalized spacial score (nSPS) is 21.4. The number of anilines is 1. The van der Waals surface area contributed by atoms with Crippen molar-refractivity contribution in [2.24, 2.45) is 5.92 Å². The van der Waals surface area contributed by atoms with E-state index in [-0.39, 0.29) is 23.9 Å². The second-order valence-corrected chi connectivity index (χ2v) is 7.38. The molecule has 2 unspecified atom stereocenters. The van der Waals surface area contributed by atoms with Gasteiger partial charge in [0.05, 0.1) is 12.0 Å². The molecule has 5 nitrogen and oxygen atoms in total. The maximum absolute atomic E-state index is 12.8. The second-order valence-electron chi connectivity index (χ2n) is 7.38. The van der Waals surface area contributed by atoms with Gasteiger partial charge in [0.25, 0.3) is 0 Å². The number of nitrogens with zero attached hydrogens (tertiary/aromatic N) is 1. The number of aryl methyl sites for hydroxylation is 1. The number of carbonyl (C=O) groups excluding carboxylic acids is 2. The van der Waals surface area contributed by atoms with Gasteiger partial charge in [0, 0.05) is 18.8 Å². The molecule has 1 saturated heterocycles. The predicted octanol–water partition coefficient (Wildman–Crippen LogP) is 3.73. The van der Waals surface area contributed by atoms with Gasteiger partial charge in [-0.2, -0.15) is 0 Å². The lowest BCUT2D eigenvalue weighted by Crippen LogP contribution is -2.47. The first-order valence-electron chi connectivity index (χ1n) is 9.70. The number of rotatable bonds is 3. The summed E-state index contributed by atoms with van der Waals surface area (Å²) < 4.78 is 0. The van der Waals surface area contributed by atoms with Crippen molar-refractivity contribution in [3.8, 4) is 0 Å². The van der Waals surface area contributed by atoms with Crippen LogP contribution in [-0.4, -0.2) is 29.9 Å². The Morgan fingerprint density at radius 3 is 2.59 bits per heavy atom. The van der Waals surface area contributed by atoms with Gasteiger partial charge >= 0.3 is 6.03 Å². The summed E-state index contributed by atoms with van der Waals surface area (Å²) in [5.41, 5.74) is 3.34. The molecule has 5 heteroatoms. The first kappa shape index (κ1) is 17.6. The summed E-state index contributed by atoms with van der Waals surface area (Å²) in [5, 5.41) is 6.13. The highest BCUT2D eigenvalue weighted by molar-refractivity contribution is 5.90. The van der Waals surface area contributed by atoms with Crippen molar-refractivity contribution in [2.75, 3.05) is 18.4 Å². The van der Waals surface area contributed by atoms with Gasteiger partial charge in [-0.1, -0.05) is 42.5 Å². The Bertz CT molecular complexity index is 821. The molecule has 2 aromatic rings. The molecule has 4 rings (SSSR count). The Morgan fingerprint density at radius 2 is 1.74 bits per heavy atom. The maximum Gasteiger partial charge on any atom is 0.321 e. The van der Waals surface area contributed by atoms with Crippen LogP contribution in [0.15, 0.2) is 54.6 Å². The largest absolute Gasteiger partial charge is 0.349 e. The number of nitrogens with one attached hydrogen (secondary N) is 2. The number of para-hydroxylation sites is 1. The molecule has 2 atom stereocenters. The summed E-state index contributed by atoms with van der Waals surface area (Å²) in [6.07, 6.45) is 3.64. The Labute approximate surface area is 159 Å². The molecule has 1 aliphatic carbocycles. The van der Waals surface area contributed by atoms with Gasteiger partial charge < -0.3 is 15.5 Å². The summed E-state index contributed by atoms with van der Waals surface area (Å²) in [7, 11) is 0. The minimum Gasteiger partial charge on any atom is -0.349 e. The maximum atomic E-state index is 12.8. The molecule has 0 bridgehead atoms. The van der Waals surface area contributed by atoms with E-state index in [0.29, 0.717) is 13.1 Å². The average Bonchev–Trinajstić information content (AvgIpc) is 3.12. The van der Waals surface area contributed by atoms with Crippen LogP contribution in [0.4, 0.5) is 10.5 Å². The zero-order chi connectivity index (χ0) is 18.6. The minimum atomic E-state index is -0.145. The van der Waals surface area contributed by atoms with E-state index < -0.39 is 0 Å². The molecule has 3 amide bonds. The van der Waals surface area contributed by atoms with Crippen LogP contribution in [0.5, 0.6) is 0 Å². The fourth-order valence-corrected chi connectivity index (χ4v) is 4.10. The van der Waals surface area contributed by atoms with Crippen LogP contribution in [0.1, 0.15) is 36.4 Å². The molecule has 0 spiro atoms. The van der Waals surface area contributed by atoms with Crippen molar-refractivity contribution in [1.29, 1.82) is 0 Å². The number of fused-ring (bicyclic) bond motifs is 1. The Morgan fingerprint density at radius 1 is 0.963 bits per heavy atom. The molecular weight excluding hydrogens is 338 g/mol. The molecule has 1 fully saturated rings. The lowest BCUT2D eigenvalue weighted by atomic mass is 9.96. The highest BCUT2D eigenvalue weighted by atomic mass is 16.2. The molecular formula is C22H25N3O2. The van der Waals surface area contributed by atoms with Crippen LogP contribution in [0.2, 0.25) is 0 Å².